The molecule has 3 rings (SSSR count). The molecule has 1 aliphatic heterocycles. The highest BCUT2D eigenvalue weighted by molar-refractivity contribution is 5.85. The summed E-state index contributed by atoms with van der Waals surface area (Å²) < 4.78 is 18.7. The van der Waals surface area contributed by atoms with E-state index in [-0.39, 0.29) is 30.6 Å². The van der Waals surface area contributed by atoms with Crippen LogP contribution in [0, 0.1) is 11.7 Å². The highest BCUT2D eigenvalue weighted by atomic mass is 35.5. The summed E-state index contributed by atoms with van der Waals surface area (Å²) in [6.45, 7) is 4.23. The molecular weight excluding hydrogens is 314 g/mol. The summed E-state index contributed by atoms with van der Waals surface area (Å²) in [5.41, 5.74) is 1.20. The molecule has 6 heteroatoms. The van der Waals surface area contributed by atoms with Gasteiger partial charge in [0.1, 0.15) is 0 Å². The summed E-state index contributed by atoms with van der Waals surface area (Å²) in [6.07, 6.45) is 2.57. The third-order valence-electron chi connectivity index (χ3n) is 4.13. The summed E-state index contributed by atoms with van der Waals surface area (Å²) in [7, 11) is 1.53. The van der Waals surface area contributed by atoms with Crippen molar-refractivity contribution in [3.05, 3.63) is 29.6 Å². The van der Waals surface area contributed by atoms with Crippen molar-refractivity contribution in [3.8, 4) is 5.75 Å². The predicted molar refractivity (Wildman–Crippen MR) is 87.4 cm³/mol. The van der Waals surface area contributed by atoms with Gasteiger partial charge in [-0.05, 0) is 36.5 Å². The van der Waals surface area contributed by atoms with Gasteiger partial charge in [0.15, 0.2) is 11.6 Å². The minimum absolute atomic E-state index is 0. The quantitative estimate of drug-likeness (QED) is 0.914. The highest BCUT2D eigenvalue weighted by Crippen LogP contribution is 2.45. The number of methoxy groups -OCH3 is 1. The van der Waals surface area contributed by atoms with Crippen LogP contribution in [0.25, 0.3) is 0 Å². The maximum absolute atomic E-state index is 13.5. The Kier molecular flexibility index (Phi) is 7.21. The predicted octanol–water partition coefficient (Wildman–Crippen LogP) is 3.03. The van der Waals surface area contributed by atoms with Crippen LogP contribution < -0.4 is 10.1 Å². The van der Waals surface area contributed by atoms with Crippen molar-refractivity contribution in [1.29, 1.82) is 0 Å². The smallest absolute Gasteiger partial charge is 0.165 e. The van der Waals surface area contributed by atoms with Crippen LogP contribution in [0.3, 0.4) is 0 Å². The van der Waals surface area contributed by atoms with Crippen molar-refractivity contribution in [2.75, 3.05) is 33.3 Å². The van der Waals surface area contributed by atoms with E-state index < -0.39 is 0 Å². The van der Waals surface area contributed by atoms with Gasteiger partial charge < -0.3 is 10.1 Å². The minimum atomic E-state index is -0.277. The van der Waals surface area contributed by atoms with Crippen LogP contribution in [0.2, 0.25) is 0 Å². The molecule has 1 heterocycles. The van der Waals surface area contributed by atoms with Crippen LogP contribution >= 0.6 is 24.8 Å². The van der Waals surface area contributed by atoms with Gasteiger partial charge in [0.25, 0.3) is 0 Å². The lowest BCUT2D eigenvalue weighted by molar-refractivity contribution is 0.156. The van der Waals surface area contributed by atoms with Crippen LogP contribution in [0.15, 0.2) is 18.2 Å². The minimum Gasteiger partial charge on any atom is -0.494 e. The molecule has 1 aromatic carbocycles. The molecule has 21 heavy (non-hydrogen) atoms. The van der Waals surface area contributed by atoms with Gasteiger partial charge >= 0.3 is 0 Å². The molecule has 0 radical (unpaired) electrons. The van der Waals surface area contributed by atoms with Crippen LogP contribution in [0.4, 0.5) is 4.39 Å². The molecule has 0 bridgehead atoms. The number of nitrogens with zero attached hydrogens (tertiary/aromatic N) is 1. The molecule has 1 atom stereocenters. The first-order chi connectivity index (χ1) is 9.29. The third kappa shape index (κ3) is 4.22. The zero-order valence-electron chi connectivity index (χ0n) is 12.2. The standard InChI is InChI=1S/C15H21FN2O.2ClH/c1-19-14-10-12(4-5-13(14)16)15(11-2-3-11)18-8-6-17-7-9-18;;/h4-5,10-11,15,17H,2-3,6-9H2,1H3;2*1H/t15-;;/m0../s1. The van der Waals surface area contributed by atoms with E-state index in [1.54, 1.807) is 0 Å². The average molecular weight is 337 g/mol. The number of nitrogens with one attached hydrogen (secondary N) is 1. The van der Waals surface area contributed by atoms with Crippen molar-refractivity contribution in [2.24, 2.45) is 5.92 Å². The van der Waals surface area contributed by atoms with Gasteiger partial charge in [0.2, 0.25) is 0 Å². The van der Waals surface area contributed by atoms with Crippen LogP contribution in [-0.4, -0.2) is 38.2 Å². The largest absolute Gasteiger partial charge is 0.494 e. The number of ether oxygens (including phenoxy) is 1. The number of hydrogen-bond acceptors (Lipinski definition) is 3. The summed E-state index contributed by atoms with van der Waals surface area (Å²) in [5, 5.41) is 3.39. The van der Waals surface area contributed by atoms with Crippen molar-refractivity contribution in [1.82, 2.24) is 10.2 Å². The summed E-state index contributed by atoms with van der Waals surface area (Å²) >= 11 is 0. The van der Waals surface area contributed by atoms with E-state index in [1.807, 2.05) is 12.1 Å². The molecule has 0 amide bonds. The van der Waals surface area contributed by atoms with E-state index >= 15 is 0 Å². The van der Waals surface area contributed by atoms with Crippen molar-refractivity contribution in [2.45, 2.75) is 18.9 Å². The fourth-order valence-corrected chi connectivity index (χ4v) is 3.01. The number of halogens is 3. The number of benzene rings is 1. The molecule has 1 aliphatic carbocycles. The molecule has 1 saturated carbocycles. The summed E-state index contributed by atoms with van der Waals surface area (Å²) in [6, 6.07) is 5.76. The molecule has 1 aromatic rings. The molecule has 0 spiro atoms. The van der Waals surface area contributed by atoms with Crippen LogP contribution in [0.5, 0.6) is 5.75 Å². The molecule has 0 unspecified atom stereocenters. The summed E-state index contributed by atoms with van der Waals surface area (Å²) in [5.74, 6) is 0.813. The first-order valence-electron chi connectivity index (χ1n) is 7.08. The molecule has 2 fully saturated rings. The second-order valence-corrected chi connectivity index (χ2v) is 5.46. The molecule has 2 aliphatic rings. The van der Waals surface area contributed by atoms with E-state index in [2.05, 4.69) is 10.2 Å². The number of hydrogen-bond donors (Lipinski definition) is 1. The van der Waals surface area contributed by atoms with Gasteiger partial charge in [0, 0.05) is 32.2 Å². The molecule has 1 N–H and O–H groups in total. The second kappa shape index (κ2) is 8.18. The Morgan fingerprint density at radius 3 is 2.48 bits per heavy atom. The second-order valence-electron chi connectivity index (χ2n) is 5.46. The molecule has 1 saturated heterocycles. The third-order valence-corrected chi connectivity index (χ3v) is 4.13. The highest BCUT2D eigenvalue weighted by Gasteiger charge is 2.36. The molecule has 0 aromatic heterocycles. The van der Waals surface area contributed by atoms with Crippen molar-refractivity contribution < 1.29 is 9.13 Å². The lowest BCUT2D eigenvalue weighted by atomic mass is 9.99. The van der Waals surface area contributed by atoms with E-state index in [1.165, 1.54) is 31.6 Å². The normalized spacial score (nSPS) is 20.1. The molecule has 120 valence electrons. The maximum atomic E-state index is 13.5. The SMILES string of the molecule is COc1cc([C@H](C2CC2)N2CCNCC2)ccc1F.Cl.Cl. The summed E-state index contributed by atoms with van der Waals surface area (Å²) in [4.78, 5) is 2.53. The Morgan fingerprint density at radius 2 is 1.90 bits per heavy atom. The van der Waals surface area contributed by atoms with Gasteiger partial charge in [-0.2, -0.15) is 0 Å². The van der Waals surface area contributed by atoms with Crippen molar-refractivity contribution >= 4 is 24.8 Å². The fourth-order valence-electron chi connectivity index (χ4n) is 3.01. The Labute approximate surface area is 138 Å². The fraction of sp³-hybridized carbons (Fsp3) is 0.600. The van der Waals surface area contributed by atoms with Crippen LogP contribution in [0.1, 0.15) is 24.4 Å². The van der Waals surface area contributed by atoms with Gasteiger partial charge in [-0.15, -0.1) is 24.8 Å². The zero-order chi connectivity index (χ0) is 13.2. The molecular formula is C15H23Cl2FN2O. The Balaban J connectivity index is 0.00000110. The maximum Gasteiger partial charge on any atom is 0.165 e. The number of rotatable bonds is 4. The lowest BCUT2D eigenvalue weighted by Gasteiger charge is -2.35. The van der Waals surface area contributed by atoms with Crippen LogP contribution in [-0.2, 0) is 0 Å². The monoisotopic (exact) mass is 336 g/mol. The van der Waals surface area contributed by atoms with Gasteiger partial charge in [-0.1, -0.05) is 6.07 Å². The van der Waals surface area contributed by atoms with Gasteiger partial charge in [-0.25, -0.2) is 4.39 Å². The number of piperazine rings is 1. The average Bonchev–Trinajstić information content (AvgIpc) is 3.27. The zero-order valence-corrected chi connectivity index (χ0v) is 13.8. The van der Waals surface area contributed by atoms with E-state index in [0.717, 1.165) is 32.1 Å². The topological polar surface area (TPSA) is 24.5 Å². The Bertz CT molecular complexity index is 451. The molecule has 3 nitrogen and oxygen atoms in total. The first kappa shape index (κ1) is 18.5. The van der Waals surface area contributed by atoms with Crippen molar-refractivity contribution in [3.63, 3.8) is 0 Å². The Hall–Kier alpha value is -0.550. The van der Waals surface area contributed by atoms with Gasteiger partial charge in [0.05, 0.1) is 7.11 Å². The van der Waals surface area contributed by atoms with E-state index in [0.29, 0.717) is 11.8 Å². The van der Waals surface area contributed by atoms with E-state index in [9.17, 15) is 4.39 Å². The van der Waals surface area contributed by atoms with Gasteiger partial charge in [-0.3, -0.25) is 4.90 Å². The van der Waals surface area contributed by atoms with E-state index in [4.69, 9.17) is 4.74 Å². The Morgan fingerprint density at radius 1 is 1.24 bits per heavy atom. The lowest BCUT2D eigenvalue weighted by Crippen LogP contribution is -2.45. The first-order valence-corrected chi connectivity index (χ1v) is 7.08.